The van der Waals surface area contributed by atoms with Gasteiger partial charge in [0.05, 0.1) is 11.1 Å². The third-order valence-electron chi connectivity index (χ3n) is 3.44. The van der Waals surface area contributed by atoms with E-state index < -0.39 is 23.0 Å². The molecule has 0 radical (unpaired) electrons. The van der Waals surface area contributed by atoms with Gasteiger partial charge in [0.2, 0.25) is 0 Å². The second kappa shape index (κ2) is 9.68. The van der Waals surface area contributed by atoms with Crippen molar-refractivity contribution in [3.05, 3.63) is 55.9 Å². The third-order valence-corrected chi connectivity index (χ3v) is 15.6. The van der Waals surface area contributed by atoms with Crippen molar-refractivity contribution < 1.29 is 17.6 Å². The van der Waals surface area contributed by atoms with Crippen LogP contribution in [-0.4, -0.2) is 0 Å². The van der Waals surface area contributed by atoms with Crippen LogP contribution in [-0.2, 0) is 11.8 Å². The molecule has 0 aliphatic rings. The Labute approximate surface area is 241 Å². The average Bonchev–Trinajstić information content (AvgIpc) is 2.61. The van der Waals surface area contributed by atoms with Crippen LogP contribution in [0.3, 0.4) is 0 Å². The summed E-state index contributed by atoms with van der Waals surface area (Å²) in [5, 5.41) is 0. The number of hydrogen-bond donors (Lipinski definition) is 0. The molecule has 0 unspecified atom stereocenters. The van der Waals surface area contributed by atoms with E-state index in [9.17, 15) is 0 Å². The van der Waals surface area contributed by atoms with Crippen LogP contribution in [0.25, 0.3) is 0 Å². The fraction of sp³-hybridized carbons (Fsp3) is 0.143. The van der Waals surface area contributed by atoms with E-state index in [1.807, 2.05) is 0 Å². The highest BCUT2D eigenvalue weighted by Crippen LogP contribution is 2.60. The van der Waals surface area contributed by atoms with Crippen LogP contribution in [0.4, 0.5) is 17.6 Å². The first-order valence-corrected chi connectivity index (χ1v) is 14.3. The highest BCUT2D eigenvalue weighted by atomic mass is 79.9. The first-order chi connectivity index (χ1) is 12.6. The van der Waals surface area contributed by atoms with Gasteiger partial charge in [-0.3, -0.25) is 0 Å². The van der Waals surface area contributed by atoms with E-state index in [4.69, 9.17) is 0 Å². The molecule has 2 rings (SSSR count). The van der Waals surface area contributed by atoms with Gasteiger partial charge < -0.3 is 0 Å². The maximum Gasteiger partial charge on any atom is 0.342 e. The third kappa shape index (κ3) is 4.37. The smallest absolute Gasteiger partial charge is 0.194 e. The lowest BCUT2D eigenvalue weighted by atomic mass is 9.96. The van der Waals surface area contributed by atoms with Crippen LogP contribution in [0, 0.1) is 0 Å². The monoisotopic (exact) mass is 1030 g/mol. The lowest BCUT2D eigenvalue weighted by Crippen LogP contribution is -2.37. The normalized spacial score (nSPS) is 12.6. The summed E-state index contributed by atoms with van der Waals surface area (Å²) in [6.07, 6.45) is 0. The lowest BCUT2D eigenvalue weighted by Gasteiger charge is -2.31. The van der Waals surface area contributed by atoms with Gasteiger partial charge >= 0.3 is 11.8 Å². The fourth-order valence-corrected chi connectivity index (χ4v) is 9.16. The van der Waals surface area contributed by atoms with Gasteiger partial charge in [-0.15, -0.1) is 0 Å². The molecule has 0 N–H and O–H groups in total. The Morgan fingerprint density at radius 3 is 0.643 bits per heavy atom. The van der Waals surface area contributed by atoms with E-state index in [1.54, 1.807) is 0 Å². The van der Waals surface area contributed by atoms with Crippen molar-refractivity contribution in [3.8, 4) is 0 Å². The van der Waals surface area contributed by atoms with Crippen LogP contribution in [0.5, 0.6) is 0 Å². The van der Waals surface area contributed by atoms with Crippen molar-refractivity contribution in [1.82, 2.24) is 0 Å². The van der Waals surface area contributed by atoms with Gasteiger partial charge in [-0.2, -0.15) is 17.6 Å². The molecule has 0 heterocycles. The fourth-order valence-electron chi connectivity index (χ4n) is 2.08. The molecule has 2 aromatic rings. The quantitative estimate of drug-likeness (QED) is 0.163. The van der Waals surface area contributed by atoms with Crippen LogP contribution < -0.4 is 0 Å². The van der Waals surface area contributed by atoms with Gasteiger partial charge in [-0.1, -0.05) is 0 Å². The molecule has 14 heteroatoms. The SMILES string of the molecule is FC(F)(c1c(Br)c(Br)c(Br)c(Br)c1Br)C(F)(F)c1c(Br)c(Br)c(Br)c(Br)c1Br. The topological polar surface area (TPSA) is 0 Å². The van der Waals surface area contributed by atoms with Crippen LogP contribution in [0.2, 0.25) is 0 Å². The van der Waals surface area contributed by atoms with E-state index >= 15 is 17.6 Å². The predicted molar refractivity (Wildman–Crippen MR) is 138 cm³/mol. The minimum absolute atomic E-state index is 0.157. The zero-order chi connectivity index (χ0) is 21.9. The van der Waals surface area contributed by atoms with Crippen molar-refractivity contribution in [2.75, 3.05) is 0 Å². The van der Waals surface area contributed by atoms with Gasteiger partial charge in [0.15, 0.2) is 0 Å². The second-order valence-corrected chi connectivity index (χ2v) is 13.0. The van der Waals surface area contributed by atoms with Crippen LogP contribution >= 0.6 is 159 Å². The number of benzene rings is 2. The Morgan fingerprint density at radius 2 is 0.464 bits per heavy atom. The summed E-state index contributed by atoms with van der Waals surface area (Å²) in [7, 11) is 0. The summed E-state index contributed by atoms with van der Waals surface area (Å²) >= 11 is 31.0. The van der Waals surface area contributed by atoms with Gasteiger partial charge in [0.1, 0.15) is 0 Å². The number of hydrogen-bond acceptors (Lipinski definition) is 0. The van der Waals surface area contributed by atoms with Crippen molar-refractivity contribution >= 4 is 159 Å². The number of alkyl halides is 4. The summed E-state index contributed by atoms with van der Waals surface area (Å²) in [5.41, 5.74) is -1.85. The molecule has 154 valence electrons. The van der Waals surface area contributed by atoms with Gasteiger partial charge in [-0.05, 0) is 159 Å². The highest BCUT2D eigenvalue weighted by Gasteiger charge is 2.62. The number of halogens is 14. The molecular formula is C14Br10F4. The maximum absolute atomic E-state index is 15.4. The zero-order valence-electron chi connectivity index (χ0n) is 12.3. The molecule has 28 heavy (non-hydrogen) atoms. The molecule has 0 bridgehead atoms. The van der Waals surface area contributed by atoms with E-state index in [-0.39, 0.29) is 35.8 Å². The van der Waals surface area contributed by atoms with Gasteiger partial charge in [-0.25, -0.2) is 0 Å². The van der Waals surface area contributed by atoms with Crippen LogP contribution in [0.15, 0.2) is 44.7 Å². The second-order valence-electron chi connectivity index (χ2n) is 5.04. The lowest BCUT2D eigenvalue weighted by molar-refractivity contribution is -0.225. The molecule has 0 aliphatic carbocycles. The average molecular weight is 1040 g/mol. The van der Waals surface area contributed by atoms with E-state index in [0.29, 0.717) is 8.95 Å². The Kier molecular flexibility index (Phi) is 9.40. The van der Waals surface area contributed by atoms with E-state index in [0.717, 1.165) is 0 Å². The van der Waals surface area contributed by atoms with Crippen molar-refractivity contribution in [3.63, 3.8) is 0 Å². The highest BCUT2D eigenvalue weighted by molar-refractivity contribution is 9.16. The molecule has 0 atom stereocenters. The first kappa shape index (κ1) is 27.2. The summed E-state index contributed by atoms with van der Waals surface area (Å²) < 4.78 is 62.1. The molecule has 0 aromatic heterocycles. The molecule has 0 fully saturated rings. The summed E-state index contributed by atoms with van der Waals surface area (Å²) in [5.74, 6) is -9.23. The zero-order valence-corrected chi connectivity index (χ0v) is 28.2. The Hall–Kier alpha value is 2.96. The van der Waals surface area contributed by atoms with Gasteiger partial charge in [0.25, 0.3) is 0 Å². The van der Waals surface area contributed by atoms with Crippen molar-refractivity contribution in [2.24, 2.45) is 0 Å². The molecule has 0 amide bonds. The minimum atomic E-state index is -4.62. The molecule has 2 aromatic carbocycles. The standard InChI is InChI=1S/C14Br10F4/c15-3-1(4(16)8(20)11(23)7(3)19)13(25,26)14(27,28)2-5(17)9(21)12(24)10(22)6(2)18. The molecule has 0 saturated carbocycles. The molecule has 0 aliphatic heterocycles. The Balaban J connectivity index is 2.92. The molecular weight excluding hydrogens is 1040 g/mol. The predicted octanol–water partition coefficient (Wildman–Crippen LogP) is 12.2. The summed E-state index contributed by atoms with van der Waals surface area (Å²) in [6, 6.07) is 0. The minimum Gasteiger partial charge on any atom is -0.194 e. The molecule has 0 saturated heterocycles. The Bertz CT molecular complexity index is 852. The van der Waals surface area contributed by atoms with Crippen molar-refractivity contribution in [2.45, 2.75) is 11.8 Å². The molecule has 0 spiro atoms. The van der Waals surface area contributed by atoms with Gasteiger partial charge in [0, 0.05) is 44.7 Å². The summed E-state index contributed by atoms with van der Waals surface area (Å²) in [4.78, 5) is 0. The van der Waals surface area contributed by atoms with E-state index in [1.165, 1.54) is 0 Å². The maximum atomic E-state index is 15.4. The number of rotatable bonds is 3. The first-order valence-electron chi connectivity index (χ1n) is 6.40. The summed E-state index contributed by atoms with van der Waals surface area (Å²) in [6.45, 7) is 0. The molecule has 0 nitrogen and oxygen atoms in total. The van der Waals surface area contributed by atoms with Crippen molar-refractivity contribution in [1.29, 1.82) is 0 Å². The van der Waals surface area contributed by atoms with Crippen LogP contribution in [0.1, 0.15) is 11.1 Å². The Morgan fingerprint density at radius 1 is 0.321 bits per heavy atom. The van der Waals surface area contributed by atoms with E-state index in [2.05, 4.69) is 159 Å². The largest absolute Gasteiger partial charge is 0.342 e.